The second kappa shape index (κ2) is 6.36. The molecular weight excluding hydrogens is 244 g/mol. The Labute approximate surface area is 112 Å². The molecule has 0 aliphatic carbocycles. The van der Waals surface area contributed by atoms with Crippen LogP contribution in [0.15, 0.2) is 18.5 Å². The lowest BCUT2D eigenvalue weighted by atomic mass is 10.1. The molecule has 1 N–H and O–H groups in total. The summed E-state index contributed by atoms with van der Waals surface area (Å²) in [6.07, 6.45) is 5.11. The second-order valence-corrected chi connectivity index (χ2v) is 4.90. The van der Waals surface area contributed by atoms with E-state index in [1.165, 1.54) is 0 Å². The predicted octanol–water partition coefficient (Wildman–Crippen LogP) is 0.258. The highest BCUT2D eigenvalue weighted by atomic mass is 16.2. The fourth-order valence-corrected chi connectivity index (χ4v) is 2.20. The number of rotatable bonds is 6. The van der Waals surface area contributed by atoms with E-state index in [0.717, 1.165) is 13.0 Å². The minimum Gasteiger partial charge on any atom is -0.354 e. The van der Waals surface area contributed by atoms with Crippen LogP contribution in [-0.2, 0) is 16.1 Å². The van der Waals surface area contributed by atoms with Gasteiger partial charge in [0.2, 0.25) is 11.8 Å². The zero-order valence-corrected chi connectivity index (χ0v) is 11.2. The summed E-state index contributed by atoms with van der Waals surface area (Å²) >= 11 is 0. The van der Waals surface area contributed by atoms with Crippen molar-refractivity contribution in [2.45, 2.75) is 26.3 Å². The molecule has 0 saturated carbocycles. The van der Waals surface area contributed by atoms with E-state index >= 15 is 0 Å². The molecule has 0 bridgehead atoms. The van der Waals surface area contributed by atoms with Gasteiger partial charge in [0.25, 0.3) is 0 Å². The molecule has 104 valence electrons. The average molecular weight is 264 g/mol. The maximum atomic E-state index is 11.9. The van der Waals surface area contributed by atoms with E-state index in [1.807, 2.05) is 19.2 Å². The van der Waals surface area contributed by atoms with E-state index in [1.54, 1.807) is 15.8 Å². The van der Waals surface area contributed by atoms with Gasteiger partial charge >= 0.3 is 0 Å². The molecule has 2 amide bonds. The lowest BCUT2D eigenvalue weighted by molar-refractivity contribution is -0.129. The standard InChI is InChI=1S/C13H20N4O2/c1-11(10-17-8-3-5-15-17)13(19)14-6-9-16-7-2-4-12(16)18/h3,5,8,11H,2,4,6-7,9-10H2,1H3,(H,14,19)/t11-/m1/s1. The third kappa shape index (κ3) is 3.81. The van der Waals surface area contributed by atoms with Crippen LogP contribution in [0.5, 0.6) is 0 Å². The highest BCUT2D eigenvalue weighted by Crippen LogP contribution is 2.08. The Balaban J connectivity index is 1.67. The number of carbonyl (C=O) groups excluding carboxylic acids is 2. The van der Waals surface area contributed by atoms with Crippen molar-refractivity contribution in [3.8, 4) is 0 Å². The highest BCUT2D eigenvalue weighted by molar-refractivity contribution is 5.79. The number of hydrogen-bond donors (Lipinski definition) is 1. The van der Waals surface area contributed by atoms with Gasteiger partial charge in [-0.3, -0.25) is 14.3 Å². The molecule has 1 atom stereocenters. The van der Waals surface area contributed by atoms with Crippen molar-refractivity contribution in [2.75, 3.05) is 19.6 Å². The van der Waals surface area contributed by atoms with Crippen molar-refractivity contribution in [1.82, 2.24) is 20.0 Å². The van der Waals surface area contributed by atoms with Crippen molar-refractivity contribution in [1.29, 1.82) is 0 Å². The number of hydrogen-bond acceptors (Lipinski definition) is 3. The van der Waals surface area contributed by atoms with Crippen LogP contribution in [0.25, 0.3) is 0 Å². The molecule has 6 heteroatoms. The number of carbonyl (C=O) groups is 2. The number of nitrogens with one attached hydrogen (secondary N) is 1. The van der Waals surface area contributed by atoms with Crippen LogP contribution >= 0.6 is 0 Å². The molecule has 1 aliphatic rings. The first-order chi connectivity index (χ1) is 9.16. The van der Waals surface area contributed by atoms with Gasteiger partial charge in [-0.05, 0) is 12.5 Å². The van der Waals surface area contributed by atoms with Gasteiger partial charge in [0.1, 0.15) is 0 Å². The Morgan fingerprint density at radius 1 is 1.58 bits per heavy atom. The maximum Gasteiger partial charge on any atom is 0.224 e. The van der Waals surface area contributed by atoms with Crippen LogP contribution in [-0.4, -0.2) is 46.1 Å². The molecule has 1 fully saturated rings. The fourth-order valence-electron chi connectivity index (χ4n) is 2.20. The van der Waals surface area contributed by atoms with Gasteiger partial charge in [-0.2, -0.15) is 5.10 Å². The largest absolute Gasteiger partial charge is 0.354 e. The van der Waals surface area contributed by atoms with Gasteiger partial charge < -0.3 is 10.2 Å². The summed E-state index contributed by atoms with van der Waals surface area (Å²) in [5, 5.41) is 6.94. The van der Waals surface area contributed by atoms with E-state index in [4.69, 9.17) is 0 Å². The number of nitrogens with zero attached hydrogens (tertiary/aromatic N) is 3. The van der Waals surface area contributed by atoms with Crippen LogP contribution in [0.1, 0.15) is 19.8 Å². The number of likely N-dealkylation sites (tertiary alicyclic amines) is 1. The first kappa shape index (κ1) is 13.6. The minimum absolute atomic E-state index is 0.00199. The molecule has 19 heavy (non-hydrogen) atoms. The topological polar surface area (TPSA) is 67.2 Å². The SMILES string of the molecule is C[C@H](Cn1cccn1)C(=O)NCCN1CCCC1=O. The van der Waals surface area contributed by atoms with Crippen LogP contribution in [0.4, 0.5) is 0 Å². The third-order valence-electron chi connectivity index (χ3n) is 3.32. The predicted molar refractivity (Wildman–Crippen MR) is 70.2 cm³/mol. The van der Waals surface area contributed by atoms with Gasteiger partial charge in [0.05, 0.1) is 12.5 Å². The molecular formula is C13H20N4O2. The minimum atomic E-state index is -0.130. The molecule has 6 nitrogen and oxygen atoms in total. The maximum absolute atomic E-state index is 11.9. The van der Waals surface area contributed by atoms with Crippen molar-refractivity contribution >= 4 is 11.8 Å². The molecule has 0 radical (unpaired) electrons. The summed E-state index contributed by atoms with van der Waals surface area (Å²) in [5.74, 6) is 0.0650. The Kier molecular flexibility index (Phi) is 4.54. The first-order valence-corrected chi connectivity index (χ1v) is 6.69. The first-order valence-electron chi connectivity index (χ1n) is 6.69. The smallest absolute Gasteiger partial charge is 0.224 e. The average Bonchev–Trinajstić information content (AvgIpc) is 3.02. The summed E-state index contributed by atoms with van der Waals surface area (Å²) < 4.78 is 1.74. The molecule has 2 rings (SSSR count). The van der Waals surface area contributed by atoms with Crippen LogP contribution in [0.3, 0.4) is 0 Å². The van der Waals surface area contributed by atoms with Gasteiger partial charge in [-0.15, -0.1) is 0 Å². The summed E-state index contributed by atoms with van der Waals surface area (Å²) in [6, 6.07) is 1.84. The van der Waals surface area contributed by atoms with Crippen molar-refractivity contribution in [3.05, 3.63) is 18.5 Å². The van der Waals surface area contributed by atoms with Crippen LogP contribution in [0, 0.1) is 5.92 Å². The van der Waals surface area contributed by atoms with Crippen molar-refractivity contribution in [2.24, 2.45) is 5.92 Å². The van der Waals surface area contributed by atoms with Gasteiger partial charge in [-0.1, -0.05) is 6.92 Å². The summed E-state index contributed by atoms with van der Waals surface area (Å²) in [5.41, 5.74) is 0. The fraction of sp³-hybridized carbons (Fsp3) is 0.615. The summed E-state index contributed by atoms with van der Waals surface area (Å²) in [7, 11) is 0. The quantitative estimate of drug-likeness (QED) is 0.801. The monoisotopic (exact) mass is 264 g/mol. The molecule has 1 saturated heterocycles. The third-order valence-corrected chi connectivity index (χ3v) is 3.32. The number of amides is 2. The lowest BCUT2D eigenvalue weighted by Crippen LogP contribution is -2.38. The Bertz CT molecular complexity index is 430. The zero-order valence-electron chi connectivity index (χ0n) is 11.2. The summed E-state index contributed by atoms with van der Waals surface area (Å²) in [4.78, 5) is 25.1. The molecule has 0 spiro atoms. The van der Waals surface area contributed by atoms with Gasteiger partial charge in [-0.25, -0.2) is 0 Å². The molecule has 0 aromatic carbocycles. The summed E-state index contributed by atoms with van der Waals surface area (Å²) in [6.45, 7) is 4.39. The Morgan fingerprint density at radius 2 is 2.42 bits per heavy atom. The van der Waals surface area contributed by atoms with Gasteiger partial charge in [0.15, 0.2) is 0 Å². The van der Waals surface area contributed by atoms with Crippen LogP contribution in [0.2, 0.25) is 0 Å². The van der Waals surface area contributed by atoms with E-state index in [-0.39, 0.29) is 17.7 Å². The van der Waals surface area contributed by atoms with E-state index < -0.39 is 0 Å². The second-order valence-electron chi connectivity index (χ2n) is 4.90. The normalized spacial score (nSPS) is 16.7. The molecule has 1 aliphatic heterocycles. The molecule has 0 unspecified atom stereocenters. The highest BCUT2D eigenvalue weighted by Gasteiger charge is 2.20. The van der Waals surface area contributed by atoms with Gasteiger partial charge in [0, 0.05) is 38.4 Å². The van der Waals surface area contributed by atoms with Crippen molar-refractivity contribution in [3.63, 3.8) is 0 Å². The molecule has 1 aromatic heterocycles. The molecule has 2 heterocycles. The van der Waals surface area contributed by atoms with Crippen LogP contribution < -0.4 is 5.32 Å². The Hall–Kier alpha value is -1.85. The Morgan fingerprint density at radius 3 is 3.05 bits per heavy atom. The van der Waals surface area contributed by atoms with Crippen molar-refractivity contribution < 1.29 is 9.59 Å². The van der Waals surface area contributed by atoms with E-state index in [9.17, 15) is 9.59 Å². The number of aromatic nitrogens is 2. The lowest BCUT2D eigenvalue weighted by Gasteiger charge is -2.17. The van der Waals surface area contributed by atoms with E-state index in [0.29, 0.717) is 26.1 Å². The van der Waals surface area contributed by atoms with E-state index in [2.05, 4.69) is 10.4 Å². The molecule has 1 aromatic rings. The zero-order chi connectivity index (χ0) is 13.7.